The van der Waals surface area contributed by atoms with Gasteiger partial charge in [-0.15, -0.1) is 11.3 Å². The lowest BCUT2D eigenvalue weighted by atomic mass is 9.99. The van der Waals surface area contributed by atoms with Crippen LogP contribution in [-0.2, 0) is 4.79 Å². The molecule has 0 unspecified atom stereocenters. The second kappa shape index (κ2) is 8.79. The highest BCUT2D eigenvalue weighted by Gasteiger charge is 2.36. The van der Waals surface area contributed by atoms with Gasteiger partial charge in [-0.05, 0) is 42.2 Å². The number of hydrogen-bond acceptors (Lipinski definition) is 6. The number of hydrogen-bond donors (Lipinski definition) is 2. The van der Waals surface area contributed by atoms with Gasteiger partial charge in [0, 0.05) is 17.5 Å². The number of rotatable bonds is 5. The summed E-state index contributed by atoms with van der Waals surface area (Å²) >= 11 is 1.21. The SMILES string of the molecule is COc1ccc(-c2cc(-c3ccccc3)nc3sc(C(=O)N4CCC[C@@H]4C(=O)O)c(N)c23)cc1. The Morgan fingerprint density at radius 2 is 1.85 bits per heavy atom. The van der Waals surface area contributed by atoms with E-state index < -0.39 is 12.0 Å². The van der Waals surface area contributed by atoms with Crippen molar-refractivity contribution in [3.63, 3.8) is 0 Å². The number of amides is 1. The number of carbonyl (C=O) groups is 2. The summed E-state index contributed by atoms with van der Waals surface area (Å²) in [6.07, 6.45) is 1.10. The Bertz CT molecular complexity index is 1380. The predicted octanol–water partition coefficient (Wildman–Crippen LogP) is 4.91. The van der Waals surface area contributed by atoms with Crippen LogP contribution in [0.25, 0.3) is 32.6 Å². The van der Waals surface area contributed by atoms with Gasteiger partial charge in [0.2, 0.25) is 0 Å². The van der Waals surface area contributed by atoms with E-state index in [2.05, 4.69) is 0 Å². The highest BCUT2D eigenvalue weighted by Crippen LogP contribution is 2.42. The van der Waals surface area contributed by atoms with Gasteiger partial charge in [0.15, 0.2) is 0 Å². The first-order valence-corrected chi connectivity index (χ1v) is 11.8. The van der Waals surface area contributed by atoms with Crippen LogP contribution in [0.5, 0.6) is 5.75 Å². The average Bonchev–Trinajstić information content (AvgIpc) is 3.49. The zero-order valence-corrected chi connectivity index (χ0v) is 19.3. The first-order chi connectivity index (χ1) is 16.5. The molecule has 0 bridgehead atoms. The van der Waals surface area contributed by atoms with E-state index in [1.165, 1.54) is 16.2 Å². The van der Waals surface area contributed by atoms with Crippen molar-refractivity contribution in [1.29, 1.82) is 0 Å². The molecule has 1 amide bonds. The Balaban J connectivity index is 1.69. The van der Waals surface area contributed by atoms with Gasteiger partial charge in [0.1, 0.15) is 21.5 Å². The van der Waals surface area contributed by atoms with Crippen molar-refractivity contribution in [3.05, 3.63) is 65.5 Å². The first-order valence-electron chi connectivity index (χ1n) is 10.9. The van der Waals surface area contributed by atoms with Crippen molar-refractivity contribution in [3.8, 4) is 28.1 Å². The highest BCUT2D eigenvalue weighted by molar-refractivity contribution is 7.21. The van der Waals surface area contributed by atoms with E-state index in [9.17, 15) is 14.7 Å². The molecule has 3 N–H and O–H groups in total. The molecule has 1 aliphatic heterocycles. The van der Waals surface area contributed by atoms with E-state index in [0.29, 0.717) is 40.2 Å². The number of fused-ring (bicyclic) bond motifs is 1. The van der Waals surface area contributed by atoms with Crippen LogP contribution in [-0.4, -0.2) is 46.6 Å². The summed E-state index contributed by atoms with van der Waals surface area (Å²) in [6.45, 7) is 0.400. The third-order valence-electron chi connectivity index (χ3n) is 6.16. The molecule has 2 aromatic heterocycles. The molecule has 1 saturated heterocycles. The van der Waals surface area contributed by atoms with Crippen LogP contribution in [0.2, 0.25) is 0 Å². The quantitative estimate of drug-likeness (QED) is 0.427. The maximum Gasteiger partial charge on any atom is 0.326 e. The lowest BCUT2D eigenvalue weighted by Crippen LogP contribution is -2.40. The third-order valence-corrected chi connectivity index (χ3v) is 7.25. The molecule has 1 atom stereocenters. The minimum absolute atomic E-state index is 0.329. The molecule has 172 valence electrons. The number of anilines is 1. The molecule has 0 spiro atoms. The zero-order valence-electron chi connectivity index (χ0n) is 18.5. The van der Waals surface area contributed by atoms with Crippen LogP contribution in [0.15, 0.2) is 60.7 Å². The maximum absolute atomic E-state index is 13.4. The molecule has 1 fully saturated rings. The second-order valence-electron chi connectivity index (χ2n) is 8.17. The number of aliphatic carboxylic acids is 1. The number of carboxylic acid groups (broad SMARTS) is 1. The molecule has 0 saturated carbocycles. The third kappa shape index (κ3) is 3.76. The van der Waals surface area contributed by atoms with E-state index >= 15 is 0 Å². The summed E-state index contributed by atoms with van der Waals surface area (Å²) in [5.41, 5.74) is 10.4. The van der Waals surface area contributed by atoms with Crippen LogP contribution in [0.3, 0.4) is 0 Å². The van der Waals surface area contributed by atoms with Crippen molar-refractivity contribution in [2.45, 2.75) is 18.9 Å². The lowest BCUT2D eigenvalue weighted by Gasteiger charge is -2.20. The van der Waals surface area contributed by atoms with Crippen LogP contribution < -0.4 is 10.5 Å². The van der Waals surface area contributed by atoms with Crippen LogP contribution >= 0.6 is 11.3 Å². The molecule has 4 aromatic rings. The number of thiophene rings is 1. The summed E-state index contributed by atoms with van der Waals surface area (Å²) in [4.78, 5) is 32.3. The zero-order chi connectivity index (χ0) is 23.8. The summed E-state index contributed by atoms with van der Waals surface area (Å²) in [5, 5.41) is 10.2. The van der Waals surface area contributed by atoms with Crippen molar-refractivity contribution < 1.29 is 19.4 Å². The van der Waals surface area contributed by atoms with Crippen LogP contribution in [0.1, 0.15) is 22.5 Å². The number of methoxy groups -OCH3 is 1. The van der Waals surface area contributed by atoms with Crippen molar-refractivity contribution in [1.82, 2.24) is 9.88 Å². The molecule has 0 aliphatic carbocycles. The molecular formula is C26H23N3O4S. The van der Waals surface area contributed by atoms with E-state index in [1.54, 1.807) is 7.11 Å². The number of carbonyl (C=O) groups excluding carboxylic acids is 1. The summed E-state index contributed by atoms with van der Waals surface area (Å²) in [5.74, 6) is -0.610. The first kappa shape index (κ1) is 21.9. The second-order valence-corrected chi connectivity index (χ2v) is 9.17. The Morgan fingerprint density at radius 3 is 2.53 bits per heavy atom. The largest absolute Gasteiger partial charge is 0.497 e. The highest BCUT2D eigenvalue weighted by atomic mass is 32.1. The summed E-state index contributed by atoms with van der Waals surface area (Å²) in [7, 11) is 1.62. The number of ether oxygens (including phenoxy) is 1. The predicted molar refractivity (Wildman–Crippen MR) is 133 cm³/mol. The number of nitrogens with two attached hydrogens (primary N) is 1. The molecule has 0 radical (unpaired) electrons. The normalized spacial score (nSPS) is 15.6. The molecular weight excluding hydrogens is 450 g/mol. The summed E-state index contributed by atoms with van der Waals surface area (Å²) < 4.78 is 5.30. The Kier molecular flexibility index (Phi) is 5.67. The maximum atomic E-state index is 13.4. The molecule has 1 aliphatic rings. The van der Waals surface area contributed by atoms with Gasteiger partial charge in [-0.2, -0.15) is 0 Å². The van der Waals surface area contributed by atoms with Crippen LogP contribution in [0, 0.1) is 0 Å². The van der Waals surface area contributed by atoms with Crippen LogP contribution in [0.4, 0.5) is 5.69 Å². The molecule has 2 aromatic carbocycles. The Labute approximate surface area is 200 Å². The number of carboxylic acids is 1. The van der Waals surface area contributed by atoms with Gasteiger partial charge < -0.3 is 20.5 Å². The molecule has 34 heavy (non-hydrogen) atoms. The molecule has 3 heterocycles. The lowest BCUT2D eigenvalue weighted by molar-refractivity contribution is -0.141. The van der Waals surface area contributed by atoms with Gasteiger partial charge in [0.25, 0.3) is 5.91 Å². The van der Waals surface area contributed by atoms with Crippen molar-refractivity contribution >= 4 is 39.1 Å². The average molecular weight is 474 g/mol. The fourth-order valence-corrected chi connectivity index (χ4v) is 5.51. The number of nitrogens with zero attached hydrogens (tertiary/aromatic N) is 2. The number of benzene rings is 2. The van der Waals surface area contributed by atoms with E-state index in [1.807, 2.05) is 60.7 Å². The van der Waals surface area contributed by atoms with Gasteiger partial charge in [-0.3, -0.25) is 4.79 Å². The van der Waals surface area contributed by atoms with Gasteiger partial charge >= 0.3 is 5.97 Å². The van der Waals surface area contributed by atoms with Gasteiger partial charge in [-0.1, -0.05) is 42.5 Å². The van der Waals surface area contributed by atoms with Gasteiger partial charge in [-0.25, -0.2) is 9.78 Å². The van der Waals surface area contributed by atoms with Gasteiger partial charge in [0.05, 0.1) is 18.5 Å². The summed E-state index contributed by atoms with van der Waals surface area (Å²) in [6, 6.07) is 18.6. The Hall–Kier alpha value is -3.91. The molecule has 7 nitrogen and oxygen atoms in total. The molecule has 5 rings (SSSR count). The van der Waals surface area contributed by atoms with Crippen molar-refractivity contribution in [2.75, 3.05) is 19.4 Å². The fraction of sp³-hybridized carbons (Fsp3) is 0.192. The van der Waals surface area contributed by atoms with E-state index in [-0.39, 0.29) is 5.91 Å². The number of nitrogen functional groups attached to an aromatic ring is 1. The standard InChI is InChI=1S/C26H23N3O4S/c1-33-17-11-9-15(10-12-17)18-14-19(16-6-3-2-4-7-16)28-24-21(18)22(27)23(34-24)25(30)29-13-5-8-20(29)26(31)32/h2-4,6-7,9-12,14,20H,5,8,13,27H2,1H3,(H,31,32)/t20-/m1/s1. The fourth-order valence-electron chi connectivity index (χ4n) is 4.43. The smallest absolute Gasteiger partial charge is 0.326 e. The van der Waals surface area contributed by atoms with E-state index in [0.717, 1.165) is 28.1 Å². The minimum atomic E-state index is -0.992. The van der Waals surface area contributed by atoms with Crippen molar-refractivity contribution in [2.24, 2.45) is 0 Å². The topological polar surface area (TPSA) is 106 Å². The van der Waals surface area contributed by atoms with E-state index in [4.69, 9.17) is 15.5 Å². The molecule has 8 heteroatoms. The number of likely N-dealkylation sites (tertiary alicyclic amines) is 1. The monoisotopic (exact) mass is 473 g/mol. The Morgan fingerprint density at radius 1 is 1.12 bits per heavy atom. The minimum Gasteiger partial charge on any atom is -0.497 e. The number of aromatic nitrogens is 1. The number of pyridine rings is 1.